The molecule has 0 N–H and O–H groups in total. The number of allylic oxidation sites excluding steroid dienone is 2. The van der Waals surface area contributed by atoms with Crippen LogP contribution in [0.3, 0.4) is 0 Å². The van der Waals surface area contributed by atoms with Crippen LogP contribution < -0.4 is 0 Å². The molecule has 0 aromatic heterocycles. The van der Waals surface area contributed by atoms with E-state index in [1.807, 2.05) is 0 Å². The Bertz CT molecular complexity index is 185. The van der Waals surface area contributed by atoms with E-state index in [1.54, 1.807) is 0 Å². The average Bonchev–Trinajstić information content (AvgIpc) is 2.58. The smallest absolute Gasteiger partial charge is 0.0822 e. The van der Waals surface area contributed by atoms with Crippen LogP contribution in [-0.2, 0) is 4.74 Å². The van der Waals surface area contributed by atoms with Gasteiger partial charge in [-0.25, -0.2) is 0 Å². The van der Waals surface area contributed by atoms with Crippen LogP contribution in [-0.4, -0.2) is 12.7 Å². The first-order chi connectivity index (χ1) is 5.47. The summed E-state index contributed by atoms with van der Waals surface area (Å²) < 4.78 is 5.57. The van der Waals surface area contributed by atoms with Gasteiger partial charge in [-0.3, -0.25) is 0 Å². The maximum Gasteiger partial charge on any atom is 0.0822 e. The Morgan fingerprint density at radius 3 is 3.00 bits per heavy atom. The van der Waals surface area contributed by atoms with Gasteiger partial charge in [0.25, 0.3) is 0 Å². The maximum absolute atomic E-state index is 5.57. The van der Waals surface area contributed by atoms with Crippen molar-refractivity contribution in [2.75, 3.05) is 6.61 Å². The van der Waals surface area contributed by atoms with Gasteiger partial charge in [-0.1, -0.05) is 18.2 Å². The lowest BCUT2D eigenvalue weighted by Crippen LogP contribution is -2.08. The van der Waals surface area contributed by atoms with Crippen molar-refractivity contribution in [2.24, 2.45) is 0 Å². The minimum atomic E-state index is 0.423. The molecule has 1 nitrogen and oxygen atoms in total. The highest BCUT2D eigenvalue weighted by Crippen LogP contribution is 2.23. The predicted octanol–water partition coefficient (Wildman–Crippen LogP) is 2.44. The molecule has 0 aromatic rings. The average molecular weight is 150 g/mol. The molecule has 1 aliphatic carbocycles. The van der Waals surface area contributed by atoms with E-state index < -0.39 is 0 Å². The lowest BCUT2D eigenvalue weighted by molar-refractivity contribution is 0.139. The Morgan fingerprint density at radius 1 is 1.36 bits per heavy atom. The minimum Gasteiger partial charge on any atom is -0.374 e. The monoisotopic (exact) mass is 150 g/mol. The number of rotatable bonds is 1. The number of hydrogen-bond donors (Lipinski definition) is 0. The third-order valence-electron chi connectivity index (χ3n) is 2.33. The fraction of sp³-hybridized carbons (Fsp3) is 0.600. The Labute approximate surface area is 67.7 Å². The van der Waals surface area contributed by atoms with Crippen molar-refractivity contribution in [1.29, 1.82) is 0 Å². The van der Waals surface area contributed by atoms with Crippen molar-refractivity contribution in [2.45, 2.75) is 31.8 Å². The molecule has 1 unspecified atom stereocenters. The first kappa shape index (κ1) is 7.11. The van der Waals surface area contributed by atoms with Gasteiger partial charge in [0.15, 0.2) is 0 Å². The summed E-state index contributed by atoms with van der Waals surface area (Å²) in [5.41, 5.74) is 1.41. The van der Waals surface area contributed by atoms with Crippen molar-refractivity contribution in [1.82, 2.24) is 0 Å². The molecular weight excluding hydrogens is 136 g/mol. The van der Waals surface area contributed by atoms with Gasteiger partial charge >= 0.3 is 0 Å². The largest absolute Gasteiger partial charge is 0.374 e. The summed E-state index contributed by atoms with van der Waals surface area (Å²) in [5, 5.41) is 0. The highest BCUT2D eigenvalue weighted by Gasteiger charge is 2.18. The summed E-state index contributed by atoms with van der Waals surface area (Å²) in [6, 6.07) is 0. The Hall–Kier alpha value is -0.560. The Kier molecular flexibility index (Phi) is 2.08. The highest BCUT2D eigenvalue weighted by atomic mass is 16.5. The van der Waals surface area contributed by atoms with Gasteiger partial charge in [0.05, 0.1) is 6.10 Å². The van der Waals surface area contributed by atoms with E-state index in [4.69, 9.17) is 4.74 Å². The molecule has 1 heterocycles. The lowest BCUT2D eigenvalue weighted by Gasteiger charge is -2.13. The van der Waals surface area contributed by atoms with E-state index in [1.165, 1.54) is 31.3 Å². The summed E-state index contributed by atoms with van der Waals surface area (Å²) in [6.07, 6.45) is 12.1. The van der Waals surface area contributed by atoms with Crippen molar-refractivity contribution >= 4 is 0 Å². The van der Waals surface area contributed by atoms with E-state index in [0.29, 0.717) is 6.10 Å². The summed E-state index contributed by atoms with van der Waals surface area (Å²) in [4.78, 5) is 0. The van der Waals surface area contributed by atoms with Crippen molar-refractivity contribution < 1.29 is 4.74 Å². The maximum atomic E-state index is 5.57. The predicted molar refractivity (Wildman–Crippen MR) is 45.4 cm³/mol. The van der Waals surface area contributed by atoms with Gasteiger partial charge in [0.1, 0.15) is 0 Å². The molecule has 1 atom stereocenters. The van der Waals surface area contributed by atoms with Crippen LogP contribution in [0, 0.1) is 0 Å². The molecule has 2 aliphatic rings. The zero-order valence-electron chi connectivity index (χ0n) is 6.75. The summed E-state index contributed by atoms with van der Waals surface area (Å²) >= 11 is 0. The van der Waals surface area contributed by atoms with Crippen LogP contribution in [0.1, 0.15) is 25.7 Å². The first-order valence-electron chi connectivity index (χ1n) is 4.45. The van der Waals surface area contributed by atoms with E-state index in [2.05, 4.69) is 18.2 Å². The van der Waals surface area contributed by atoms with Crippen molar-refractivity contribution in [3.8, 4) is 0 Å². The quantitative estimate of drug-likeness (QED) is 0.558. The van der Waals surface area contributed by atoms with Gasteiger partial charge in [-0.2, -0.15) is 0 Å². The minimum absolute atomic E-state index is 0.423. The second kappa shape index (κ2) is 3.22. The summed E-state index contributed by atoms with van der Waals surface area (Å²) in [6.45, 7) is 0.954. The molecule has 0 radical (unpaired) electrons. The molecule has 0 bridgehead atoms. The van der Waals surface area contributed by atoms with Crippen LogP contribution >= 0.6 is 0 Å². The summed E-state index contributed by atoms with van der Waals surface area (Å²) in [5.74, 6) is 0. The Morgan fingerprint density at radius 2 is 2.36 bits per heavy atom. The van der Waals surface area contributed by atoms with Crippen molar-refractivity contribution in [3.63, 3.8) is 0 Å². The van der Waals surface area contributed by atoms with E-state index in [0.717, 1.165) is 6.61 Å². The molecule has 1 aliphatic heterocycles. The van der Waals surface area contributed by atoms with Gasteiger partial charge in [0.2, 0.25) is 0 Å². The molecule has 0 aromatic carbocycles. The Balaban J connectivity index is 2.02. The molecule has 1 fully saturated rings. The summed E-state index contributed by atoms with van der Waals surface area (Å²) in [7, 11) is 0. The topological polar surface area (TPSA) is 9.23 Å². The zero-order chi connectivity index (χ0) is 7.52. The van der Waals surface area contributed by atoms with Gasteiger partial charge < -0.3 is 4.74 Å². The second-order valence-electron chi connectivity index (χ2n) is 3.19. The molecule has 0 amide bonds. The second-order valence-corrected chi connectivity index (χ2v) is 3.19. The third-order valence-corrected chi connectivity index (χ3v) is 2.33. The van der Waals surface area contributed by atoms with Crippen molar-refractivity contribution in [3.05, 3.63) is 23.8 Å². The highest BCUT2D eigenvalue weighted by molar-refractivity contribution is 5.26. The van der Waals surface area contributed by atoms with Gasteiger partial charge in [-0.05, 0) is 31.3 Å². The number of hydrogen-bond acceptors (Lipinski definition) is 1. The standard InChI is InChI=1S/C10H14O/c1-2-5-9(6-3-1)10-7-4-8-11-10/h2,5-6,10H,1,3-4,7-8H2. The molecule has 60 valence electrons. The molecule has 0 saturated carbocycles. The first-order valence-corrected chi connectivity index (χ1v) is 4.45. The third kappa shape index (κ3) is 1.54. The van der Waals surface area contributed by atoms with Crippen LogP contribution in [0.5, 0.6) is 0 Å². The van der Waals surface area contributed by atoms with Crippen LogP contribution in [0.2, 0.25) is 0 Å². The molecule has 2 rings (SSSR count). The fourth-order valence-corrected chi connectivity index (χ4v) is 1.71. The fourth-order valence-electron chi connectivity index (χ4n) is 1.71. The normalized spacial score (nSPS) is 30.5. The molecular formula is C10H14O. The number of ether oxygens (including phenoxy) is 1. The van der Waals surface area contributed by atoms with Crippen LogP contribution in [0.15, 0.2) is 23.8 Å². The SMILES string of the molecule is C1=CC(C2CCCO2)=CCC1. The van der Waals surface area contributed by atoms with Crippen LogP contribution in [0.25, 0.3) is 0 Å². The molecule has 11 heavy (non-hydrogen) atoms. The van der Waals surface area contributed by atoms with E-state index >= 15 is 0 Å². The lowest BCUT2D eigenvalue weighted by atomic mass is 10.0. The van der Waals surface area contributed by atoms with E-state index in [9.17, 15) is 0 Å². The zero-order valence-corrected chi connectivity index (χ0v) is 6.75. The molecule has 1 heteroatoms. The van der Waals surface area contributed by atoms with Crippen LogP contribution in [0.4, 0.5) is 0 Å². The van der Waals surface area contributed by atoms with E-state index in [-0.39, 0.29) is 0 Å². The van der Waals surface area contributed by atoms with Gasteiger partial charge in [-0.15, -0.1) is 0 Å². The van der Waals surface area contributed by atoms with Gasteiger partial charge in [0, 0.05) is 6.61 Å². The molecule has 1 saturated heterocycles. The molecule has 0 spiro atoms.